The van der Waals surface area contributed by atoms with Gasteiger partial charge in [-0.05, 0) is 37.5 Å². The maximum absolute atomic E-state index is 12.0. The number of hydrogen-bond donors (Lipinski definition) is 2. The second kappa shape index (κ2) is 7.93. The van der Waals surface area contributed by atoms with Crippen molar-refractivity contribution in [3.8, 4) is 0 Å². The summed E-state index contributed by atoms with van der Waals surface area (Å²) in [4.78, 5) is 11.0. The van der Waals surface area contributed by atoms with E-state index in [0.29, 0.717) is 6.04 Å². The summed E-state index contributed by atoms with van der Waals surface area (Å²) in [5, 5.41) is 3.64. The molecule has 128 valence electrons. The van der Waals surface area contributed by atoms with Gasteiger partial charge >= 0.3 is 0 Å². The molecule has 5 nitrogen and oxygen atoms in total. The van der Waals surface area contributed by atoms with Gasteiger partial charge in [0.05, 0.1) is 4.90 Å². The van der Waals surface area contributed by atoms with Crippen molar-refractivity contribution in [3.63, 3.8) is 0 Å². The van der Waals surface area contributed by atoms with Gasteiger partial charge in [0.15, 0.2) is 9.84 Å². The number of carbonyl (C=O) groups is 1. The number of amides is 1. The molecule has 23 heavy (non-hydrogen) atoms. The minimum Gasteiger partial charge on any atom is -0.369 e. The normalized spacial score (nSPS) is 18.3. The van der Waals surface area contributed by atoms with Crippen LogP contribution in [0.1, 0.15) is 57.1 Å². The van der Waals surface area contributed by atoms with E-state index in [1.165, 1.54) is 38.5 Å². The summed E-state index contributed by atoms with van der Waals surface area (Å²) >= 11 is 0. The van der Waals surface area contributed by atoms with Crippen LogP contribution in [0.25, 0.3) is 0 Å². The van der Waals surface area contributed by atoms with Gasteiger partial charge in [0, 0.05) is 12.1 Å². The standard InChI is InChI=1S/C17H26N2O3S/c1-13(19-15-6-4-2-3-5-7-15)14-8-10-16(11-9-14)23(21,22)12-17(18)20/h8-11,13,15,19H,2-7,12H2,1H3,(H2,18,20). The van der Waals surface area contributed by atoms with Crippen LogP contribution in [0, 0.1) is 0 Å². The summed E-state index contributed by atoms with van der Waals surface area (Å²) in [6.07, 6.45) is 7.59. The molecule has 1 aliphatic rings. The first-order valence-electron chi connectivity index (χ1n) is 8.25. The molecular formula is C17H26N2O3S. The van der Waals surface area contributed by atoms with E-state index in [0.717, 1.165) is 5.56 Å². The van der Waals surface area contributed by atoms with E-state index in [9.17, 15) is 13.2 Å². The molecule has 1 unspecified atom stereocenters. The molecule has 0 aliphatic heterocycles. The average Bonchev–Trinajstić information content (AvgIpc) is 2.75. The number of primary amides is 1. The fourth-order valence-corrected chi connectivity index (χ4v) is 4.22. The Balaban J connectivity index is 2.02. The Kier molecular flexibility index (Phi) is 6.18. The van der Waals surface area contributed by atoms with Crippen LogP contribution < -0.4 is 11.1 Å². The Morgan fingerprint density at radius 2 is 1.74 bits per heavy atom. The summed E-state index contributed by atoms with van der Waals surface area (Å²) in [7, 11) is -3.63. The highest BCUT2D eigenvalue weighted by Gasteiger charge is 2.19. The minimum absolute atomic E-state index is 0.140. The van der Waals surface area contributed by atoms with Crippen LogP contribution in [-0.2, 0) is 14.6 Å². The van der Waals surface area contributed by atoms with Crippen molar-refractivity contribution in [1.82, 2.24) is 5.32 Å². The summed E-state index contributed by atoms with van der Waals surface area (Å²) in [6.45, 7) is 2.10. The first kappa shape index (κ1) is 17.9. The molecule has 0 aromatic heterocycles. The third-order valence-electron chi connectivity index (χ3n) is 4.41. The predicted molar refractivity (Wildman–Crippen MR) is 90.7 cm³/mol. The molecule has 1 amide bonds. The van der Waals surface area contributed by atoms with Crippen molar-refractivity contribution in [2.75, 3.05) is 5.75 Å². The highest BCUT2D eigenvalue weighted by molar-refractivity contribution is 7.92. The first-order chi connectivity index (χ1) is 10.9. The molecule has 0 radical (unpaired) electrons. The van der Waals surface area contributed by atoms with Gasteiger partial charge < -0.3 is 11.1 Å². The van der Waals surface area contributed by atoms with E-state index in [1.54, 1.807) is 12.1 Å². The van der Waals surface area contributed by atoms with Crippen LogP contribution in [0.3, 0.4) is 0 Å². The lowest BCUT2D eigenvalue weighted by molar-refractivity contribution is -0.115. The second-order valence-electron chi connectivity index (χ2n) is 6.37. The zero-order valence-corrected chi connectivity index (χ0v) is 14.4. The Morgan fingerprint density at radius 1 is 1.17 bits per heavy atom. The van der Waals surface area contributed by atoms with Crippen LogP contribution >= 0.6 is 0 Å². The molecule has 1 aliphatic carbocycles. The average molecular weight is 338 g/mol. The van der Waals surface area contributed by atoms with E-state index in [4.69, 9.17) is 5.73 Å². The number of sulfone groups is 1. The molecule has 3 N–H and O–H groups in total. The molecule has 2 rings (SSSR count). The van der Waals surface area contributed by atoms with Crippen LogP contribution in [0.5, 0.6) is 0 Å². The molecule has 0 bridgehead atoms. The third-order valence-corrected chi connectivity index (χ3v) is 6.07. The van der Waals surface area contributed by atoms with Gasteiger partial charge in [0.1, 0.15) is 5.75 Å². The highest BCUT2D eigenvalue weighted by Crippen LogP contribution is 2.22. The monoisotopic (exact) mass is 338 g/mol. The maximum atomic E-state index is 12.0. The van der Waals surface area contributed by atoms with Gasteiger partial charge in [-0.1, -0.05) is 37.8 Å². The minimum atomic E-state index is -3.63. The fourth-order valence-electron chi connectivity index (χ4n) is 3.13. The van der Waals surface area contributed by atoms with Crippen molar-refractivity contribution in [2.24, 2.45) is 5.73 Å². The quantitative estimate of drug-likeness (QED) is 0.779. The fraction of sp³-hybridized carbons (Fsp3) is 0.588. The molecular weight excluding hydrogens is 312 g/mol. The number of nitrogens with two attached hydrogens (primary N) is 1. The number of carbonyl (C=O) groups excluding carboxylic acids is 1. The smallest absolute Gasteiger partial charge is 0.233 e. The van der Waals surface area contributed by atoms with E-state index in [1.807, 2.05) is 12.1 Å². The molecule has 6 heteroatoms. The van der Waals surface area contributed by atoms with Crippen molar-refractivity contribution in [3.05, 3.63) is 29.8 Å². The van der Waals surface area contributed by atoms with Gasteiger partial charge in [-0.15, -0.1) is 0 Å². The van der Waals surface area contributed by atoms with Gasteiger partial charge in [0.25, 0.3) is 0 Å². The second-order valence-corrected chi connectivity index (χ2v) is 8.36. The van der Waals surface area contributed by atoms with Crippen LogP contribution in [0.15, 0.2) is 29.2 Å². The maximum Gasteiger partial charge on any atom is 0.233 e. The Labute approximate surface area is 138 Å². The molecule has 0 heterocycles. The lowest BCUT2D eigenvalue weighted by atomic mass is 10.0. The van der Waals surface area contributed by atoms with Crippen LogP contribution in [0.2, 0.25) is 0 Å². The number of benzene rings is 1. The van der Waals surface area contributed by atoms with Crippen LogP contribution in [-0.4, -0.2) is 26.1 Å². The SMILES string of the molecule is CC(NC1CCCCCC1)c1ccc(S(=O)(=O)CC(N)=O)cc1. The number of hydrogen-bond acceptors (Lipinski definition) is 4. The topological polar surface area (TPSA) is 89.3 Å². The number of nitrogens with one attached hydrogen (secondary N) is 1. The Morgan fingerprint density at radius 3 is 2.26 bits per heavy atom. The lowest BCUT2D eigenvalue weighted by Gasteiger charge is -2.22. The molecule has 1 saturated carbocycles. The summed E-state index contributed by atoms with van der Waals surface area (Å²) < 4.78 is 23.9. The molecule has 0 saturated heterocycles. The summed E-state index contributed by atoms with van der Waals surface area (Å²) in [5.41, 5.74) is 6.03. The van der Waals surface area contributed by atoms with Gasteiger partial charge in [-0.3, -0.25) is 4.79 Å². The van der Waals surface area contributed by atoms with Crippen molar-refractivity contribution >= 4 is 15.7 Å². The molecule has 1 fully saturated rings. The van der Waals surface area contributed by atoms with E-state index in [2.05, 4.69) is 12.2 Å². The zero-order valence-electron chi connectivity index (χ0n) is 13.6. The summed E-state index contributed by atoms with van der Waals surface area (Å²) in [6, 6.07) is 7.43. The van der Waals surface area contributed by atoms with E-state index >= 15 is 0 Å². The first-order valence-corrected chi connectivity index (χ1v) is 9.91. The van der Waals surface area contributed by atoms with Crippen LogP contribution in [0.4, 0.5) is 0 Å². The molecule has 0 spiro atoms. The summed E-state index contributed by atoms with van der Waals surface area (Å²) in [5.74, 6) is -1.49. The molecule has 1 aromatic carbocycles. The van der Waals surface area contributed by atoms with Gasteiger partial charge in [-0.2, -0.15) is 0 Å². The van der Waals surface area contributed by atoms with Crippen molar-refractivity contribution in [2.45, 2.75) is 62.4 Å². The lowest BCUT2D eigenvalue weighted by Crippen LogP contribution is -2.31. The number of rotatable bonds is 6. The van der Waals surface area contributed by atoms with E-state index in [-0.39, 0.29) is 10.9 Å². The van der Waals surface area contributed by atoms with Crippen molar-refractivity contribution < 1.29 is 13.2 Å². The van der Waals surface area contributed by atoms with E-state index < -0.39 is 21.5 Å². The Bertz CT molecular complexity index is 618. The zero-order chi connectivity index (χ0) is 16.9. The van der Waals surface area contributed by atoms with Gasteiger partial charge in [0.2, 0.25) is 5.91 Å². The Hall–Kier alpha value is -1.40. The largest absolute Gasteiger partial charge is 0.369 e. The highest BCUT2D eigenvalue weighted by atomic mass is 32.2. The predicted octanol–water partition coefficient (Wildman–Crippen LogP) is 2.32. The third kappa shape index (κ3) is 5.32. The molecule has 1 atom stereocenters. The molecule has 1 aromatic rings. The van der Waals surface area contributed by atoms with Crippen molar-refractivity contribution in [1.29, 1.82) is 0 Å². The van der Waals surface area contributed by atoms with Gasteiger partial charge in [-0.25, -0.2) is 8.42 Å².